The number of rotatable bonds is 5. The zero-order chi connectivity index (χ0) is 12.1. The summed E-state index contributed by atoms with van der Waals surface area (Å²) in [6.07, 6.45) is -5.68. The molecule has 3 nitrogen and oxygen atoms in total. The molecule has 0 atom stereocenters. The van der Waals surface area contributed by atoms with Gasteiger partial charge in [-0.15, -0.1) is 0 Å². The average molecular weight is 227 g/mol. The molecule has 6 heteroatoms. The Bertz CT molecular complexity index is 214. The van der Waals surface area contributed by atoms with Gasteiger partial charge in [-0.1, -0.05) is 0 Å². The number of hydrogen-bond donors (Lipinski definition) is 2. The number of aliphatic hydroxyl groups is 1. The van der Waals surface area contributed by atoms with E-state index < -0.39 is 30.5 Å². The second kappa shape index (κ2) is 5.34. The van der Waals surface area contributed by atoms with Crippen LogP contribution in [0, 0.1) is 0 Å². The van der Waals surface area contributed by atoms with Crippen molar-refractivity contribution in [3.8, 4) is 0 Å². The van der Waals surface area contributed by atoms with Gasteiger partial charge in [0.2, 0.25) is 5.91 Å². The molecule has 0 rings (SSSR count). The fourth-order valence-electron chi connectivity index (χ4n) is 1.04. The molecule has 0 aromatic carbocycles. The van der Waals surface area contributed by atoms with Crippen molar-refractivity contribution in [3.05, 3.63) is 0 Å². The molecule has 0 heterocycles. The van der Waals surface area contributed by atoms with Crippen molar-refractivity contribution in [1.82, 2.24) is 5.32 Å². The highest BCUT2D eigenvalue weighted by atomic mass is 19.4. The molecule has 0 unspecified atom stereocenters. The first-order chi connectivity index (χ1) is 6.66. The van der Waals surface area contributed by atoms with Crippen molar-refractivity contribution < 1.29 is 23.1 Å². The predicted octanol–water partition coefficient (Wildman–Crippen LogP) is 1.61. The van der Waals surface area contributed by atoms with E-state index in [2.05, 4.69) is 5.32 Å². The van der Waals surface area contributed by atoms with Gasteiger partial charge in [0, 0.05) is 18.6 Å². The van der Waals surface area contributed by atoms with E-state index in [1.807, 2.05) is 0 Å². The topological polar surface area (TPSA) is 49.3 Å². The second-order valence-electron chi connectivity index (χ2n) is 4.02. The molecule has 1 amide bonds. The Morgan fingerprint density at radius 1 is 1.27 bits per heavy atom. The summed E-state index contributed by atoms with van der Waals surface area (Å²) in [7, 11) is 0. The molecule has 0 aliphatic rings. The van der Waals surface area contributed by atoms with Crippen LogP contribution in [-0.4, -0.2) is 29.3 Å². The van der Waals surface area contributed by atoms with Crippen molar-refractivity contribution in [2.45, 2.75) is 44.8 Å². The zero-order valence-electron chi connectivity index (χ0n) is 8.82. The highest BCUT2D eigenvalue weighted by molar-refractivity contribution is 5.76. The maximum absolute atomic E-state index is 11.8. The Labute approximate surface area is 86.7 Å². The Balaban J connectivity index is 3.93. The molecule has 0 bridgehead atoms. The first kappa shape index (κ1) is 14.2. The molecule has 0 aliphatic heterocycles. The molecule has 0 fully saturated rings. The molecular weight excluding hydrogens is 211 g/mol. The molecule has 0 spiro atoms. The third-order valence-electron chi connectivity index (χ3n) is 1.85. The summed E-state index contributed by atoms with van der Waals surface area (Å²) in [5, 5.41) is 11.1. The fourth-order valence-corrected chi connectivity index (χ4v) is 1.04. The quantitative estimate of drug-likeness (QED) is 0.749. The molecule has 0 saturated carbocycles. The third kappa shape index (κ3) is 8.23. The number of carbonyl (C=O) groups is 1. The van der Waals surface area contributed by atoms with Crippen LogP contribution >= 0.6 is 0 Å². The van der Waals surface area contributed by atoms with Gasteiger partial charge in [0.25, 0.3) is 0 Å². The summed E-state index contributed by atoms with van der Waals surface area (Å²) in [4.78, 5) is 11.1. The largest absolute Gasteiger partial charge is 0.396 e. The lowest BCUT2D eigenvalue weighted by molar-refractivity contribution is -0.144. The Morgan fingerprint density at radius 3 is 2.20 bits per heavy atom. The van der Waals surface area contributed by atoms with Crippen LogP contribution in [0.2, 0.25) is 0 Å². The van der Waals surface area contributed by atoms with Crippen LogP contribution in [0.25, 0.3) is 0 Å². The number of nitrogens with one attached hydrogen (secondary N) is 1. The number of alkyl halides is 3. The molecule has 90 valence electrons. The maximum Gasteiger partial charge on any atom is 0.389 e. The van der Waals surface area contributed by atoms with Gasteiger partial charge >= 0.3 is 6.18 Å². The summed E-state index contributed by atoms with van der Waals surface area (Å²) in [5.41, 5.74) is -0.669. The van der Waals surface area contributed by atoms with Gasteiger partial charge in [0.05, 0.1) is 6.42 Å². The molecule has 15 heavy (non-hydrogen) atoms. The minimum atomic E-state index is -4.31. The van der Waals surface area contributed by atoms with E-state index in [0.717, 1.165) is 0 Å². The average Bonchev–Trinajstić information content (AvgIpc) is 1.98. The number of aliphatic hydroxyl groups excluding tert-OH is 1. The van der Waals surface area contributed by atoms with Crippen LogP contribution in [0.3, 0.4) is 0 Å². The lowest BCUT2D eigenvalue weighted by Gasteiger charge is -2.25. The summed E-state index contributed by atoms with van der Waals surface area (Å²) >= 11 is 0. The van der Waals surface area contributed by atoms with Crippen LogP contribution in [0.1, 0.15) is 33.1 Å². The zero-order valence-corrected chi connectivity index (χ0v) is 8.82. The van der Waals surface area contributed by atoms with Gasteiger partial charge in [-0.25, -0.2) is 0 Å². The molecular formula is C9H16F3NO2. The SMILES string of the molecule is CC(C)(CCO)NC(=O)CCC(F)(F)F. The molecule has 2 N–H and O–H groups in total. The standard InChI is InChI=1S/C9H16F3NO2/c1-8(2,5-6-14)13-7(15)3-4-9(10,11)12/h14H,3-6H2,1-2H3,(H,13,15). The van der Waals surface area contributed by atoms with E-state index in [1.54, 1.807) is 13.8 Å². The predicted molar refractivity (Wildman–Crippen MR) is 49.2 cm³/mol. The second-order valence-corrected chi connectivity index (χ2v) is 4.02. The first-order valence-corrected chi connectivity index (χ1v) is 4.65. The molecule has 0 saturated heterocycles. The number of amides is 1. The molecule has 0 aromatic rings. The van der Waals surface area contributed by atoms with Crippen molar-refractivity contribution in [1.29, 1.82) is 0 Å². The van der Waals surface area contributed by atoms with Crippen molar-refractivity contribution in [2.24, 2.45) is 0 Å². The minimum Gasteiger partial charge on any atom is -0.396 e. The molecule has 0 aromatic heterocycles. The maximum atomic E-state index is 11.8. The summed E-state index contributed by atoms with van der Waals surface area (Å²) < 4.78 is 35.3. The normalized spacial score (nSPS) is 12.7. The van der Waals surface area contributed by atoms with Crippen molar-refractivity contribution in [2.75, 3.05) is 6.61 Å². The highest BCUT2D eigenvalue weighted by Gasteiger charge is 2.29. The summed E-state index contributed by atoms with van der Waals surface area (Å²) in [6, 6.07) is 0. The highest BCUT2D eigenvalue weighted by Crippen LogP contribution is 2.21. The monoisotopic (exact) mass is 227 g/mol. The Hall–Kier alpha value is -0.780. The lowest BCUT2D eigenvalue weighted by atomic mass is 10.0. The van der Waals surface area contributed by atoms with Gasteiger partial charge in [0.15, 0.2) is 0 Å². The van der Waals surface area contributed by atoms with E-state index in [-0.39, 0.29) is 6.61 Å². The van der Waals surface area contributed by atoms with Crippen LogP contribution in [0.4, 0.5) is 13.2 Å². The third-order valence-corrected chi connectivity index (χ3v) is 1.85. The van der Waals surface area contributed by atoms with Crippen LogP contribution in [-0.2, 0) is 4.79 Å². The smallest absolute Gasteiger partial charge is 0.389 e. The van der Waals surface area contributed by atoms with E-state index >= 15 is 0 Å². The summed E-state index contributed by atoms with van der Waals surface area (Å²) in [6.45, 7) is 3.18. The number of hydrogen-bond acceptors (Lipinski definition) is 2. The summed E-state index contributed by atoms with van der Waals surface area (Å²) in [5.74, 6) is -0.647. The number of carbonyl (C=O) groups excluding carboxylic acids is 1. The fraction of sp³-hybridized carbons (Fsp3) is 0.889. The minimum absolute atomic E-state index is 0.119. The van der Waals surface area contributed by atoms with Gasteiger partial charge in [-0.2, -0.15) is 13.2 Å². The van der Waals surface area contributed by atoms with Gasteiger partial charge in [-0.3, -0.25) is 4.79 Å². The van der Waals surface area contributed by atoms with Gasteiger partial charge in [0.1, 0.15) is 0 Å². The van der Waals surface area contributed by atoms with Gasteiger partial charge < -0.3 is 10.4 Å². The van der Waals surface area contributed by atoms with Gasteiger partial charge in [-0.05, 0) is 20.3 Å². The molecule has 0 aliphatic carbocycles. The number of halogens is 3. The van der Waals surface area contributed by atoms with Crippen molar-refractivity contribution >= 4 is 5.91 Å². The van der Waals surface area contributed by atoms with E-state index in [4.69, 9.17) is 5.11 Å². The van der Waals surface area contributed by atoms with Crippen molar-refractivity contribution in [3.63, 3.8) is 0 Å². The first-order valence-electron chi connectivity index (χ1n) is 4.65. The van der Waals surface area contributed by atoms with Crippen LogP contribution in [0.5, 0.6) is 0 Å². The Kier molecular flexibility index (Phi) is 5.07. The van der Waals surface area contributed by atoms with Crippen LogP contribution < -0.4 is 5.32 Å². The van der Waals surface area contributed by atoms with E-state index in [1.165, 1.54) is 0 Å². The van der Waals surface area contributed by atoms with E-state index in [0.29, 0.717) is 6.42 Å². The lowest BCUT2D eigenvalue weighted by Crippen LogP contribution is -2.44. The van der Waals surface area contributed by atoms with Crippen LogP contribution in [0.15, 0.2) is 0 Å². The van der Waals surface area contributed by atoms with E-state index in [9.17, 15) is 18.0 Å². The Morgan fingerprint density at radius 2 is 1.80 bits per heavy atom. The molecule has 0 radical (unpaired) electrons.